The molecule has 0 unspecified atom stereocenters. The number of hydrogen-bond acceptors (Lipinski definition) is 5. The molecule has 0 bridgehead atoms. The van der Waals surface area contributed by atoms with Gasteiger partial charge in [0, 0.05) is 29.4 Å². The molecule has 1 aromatic carbocycles. The number of aryl methyl sites for hydroxylation is 1. The van der Waals surface area contributed by atoms with E-state index < -0.39 is 0 Å². The molecule has 0 amide bonds. The van der Waals surface area contributed by atoms with Crippen LogP contribution in [0.4, 0.5) is 5.82 Å². The van der Waals surface area contributed by atoms with Crippen LogP contribution in [0, 0.1) is 12.3 Å². The Morgan fingerprint density at radius 1 is 1.13 bits per heavy atom. The zero-order valence-corrected chi connectivity index (χ0v) is 19.6. The highest BCUT2D eigenvalue weighted by atomic mass is 32.2. The van der Waals surface area contributed by atoms with Crippen LogP contribution < -0.4 is 10.9 Å². The lowest BCUT2D eigenvalue weighted by Gasteiger charge is -2.38. The number of aromatic nitrogens is 2. The van der Waals surface area contributed by atoms with Crippen LogP contribution in [0.3, 0.4) is 0 Å². The molecule has 31 heavy (non-hydrogen) atoms. The van der Waals surface area contributed by atoms with E-state index >= 15 is 0 Å². The van der Waals surface area contributed by atoms with Crippen molar-refractivity contribution in [2.24, 2.45) is 5.41 Å². The van der Waals surface area contributed by atoms with E-state index in [0.717, 1.165) is 47.4 Å². The number of rotatable bonds is 6. The van der Waals surface area contributed by atoms with Gasteiger partial charge in [0.1, 0.15) is 5.82 Å². The molecular formula is C25H31N3O2S. The first-order chi connectivity index (χ1) is 14.8. The predicted molar refractivity (Wildman–Crippen MR) is 127 cm³/mol. The number of allylic oxidation sites excluding steroid dienone is 2. The number of ketones is 1. The van der Waals surface area contributed by atoms with E-state index in [-0.39, 0.29) is 22.7 Å². The minimum absolute atomic E-state index is 0.114. The lowest BCUT2D eigenvalue weighted by atomic mass is 9.69. The van der Waals surface area contributed by atoms with Crippen LogP contribution in [0.1, 0.15) is 75.5 Å². The van der Waals surface area contributed by atoms with Gasteiger partial charge in [-0.05, 0) is 30.7 Å². The fourth-order valence-electron chi connectivity index (χ4n) is 4.57. The molecule has 0 spiro atoms. The summed E-state index contributed by atoms with van der Waals surface area (Å²) in [6, 6.07) is 8.13. The van der Waals surface area contributed by atoms with Crippen LogP contribution in [-0.4, -0.2) is 21.5 Å². The number of thioether (sulfide) groups is 1. The minimum Gasteiger partial charge on any atom is -0.343 e. The molecule has 1 atom stereocenters. The Bertz CT molecular complexity index is 1080. The Hall–Kier alpha value is -2.34. The molecule has 6 heteroatoms. The van der Waals surface area contributed by atoms with Gasteiger partial charge in [-0.1, -0.05) is 75.2 Å². The van der Waals surface area contributed by atoms with E-state index in [1.807, 2.05) is 31.2 Å². The SMILES string of the molecule is CCCCCSc1nc2c(c(=O)[nH]1)[C@@H](c1ccc(C)cc1)C1=C(CC(C)(C)CC1=O)N2. The molecule has 0 radical (unpaired) electrons. The van der Waals surface area contributed by atoms with Gasteiger partial charge in [-0.2, -0.15) is 0 Å². The number of fused-ring (bicyclic) bond motifs is 1. The van der Waals surface area contributed by atoms with Crippen molar-refractivity contribution in [1.29, 1.82) is 0 Å². The lowest BCUT2D eigenvalue weighted by Crippen LogP contribution is -2.37. The molecule has 2 aliphatic rings. The molecule has 2 aromatic rings. The van der Waals surface area contributed by atoms with Crippen molar-refractivity contribution in [1.82, 2.24) is 9.97 Å². The third-order valence-corrected chi connectivity index (χ3v) is 7.06. The molecule has 0 saturated carbocycles. The average Bonchev–Trinajstić information content (AvgIpc) is 2.69. The molecule has 2 heterocycles. The Labute approximate surface area is 188 Å². The van der Waals surface area contributed by atoms with Gasteiger partial charge in [0.2, 0.25) is 0 Å². The molecule has 0 saturated heterocycles. The number of carbonyl (C=O) groups is 1. The van der Waals surface area contributed by atoms with Gasteiger partial charge < -0.3 is 10.3 Å². The second-order valence-electron chi connectivity index (χ2n) is 9.49. The van der Waals surface area contributed by atoms with Crippen molar-refractivity contribution < 1.29 is 4.79 Å². The summed E-state index contributed by atoms with van der Waals surface area (Å²) in [5, 5.41) is 4.03. The maximum atomic E-state index is 13.3. The summed E-state index contributed by atoms with van der Waals surface area (Å²) < 4.78 is 0. The number of aromatic amines is 1. The average molecular weight is 438 g/mol. The number of anilines is 1. The van der Waals surface area contributed by atoms with Crippen molar-refractivity contribution >= 4 is 23.4 Å². The Kier molecular flexibility index (Phi) is 6.11. The van der Waals surface area contributed by atoms with E-state index in [4.69, 9.17) is 4.98 Å². The highest BCUT2D eigenvalue weighted by Gasteiger charge is 2.42. The van der Waals surface area contributed by atoms with Crippen LogP contribution >= 0.6 is 11.8 Å². The third-order valence-electron chi connectivity index (χ3n) is 6.10. The lowest BCUT2D eigenvalue weighted by molar-refractivity contribution is -0.118. The number of Topliss-reactive ketones (excluding diaryl/α,β-unsaturated/α-hetero) is 1. The van der Waals surface area contributed by atoms with E-state index in [0.29, 0.717) is 23.0 Å². The number of H-pyrrole nitrogens is 1. The first-order valence-corrected chi connectivity index (χ1v) is 12.1. The number of benzene rings is 1. The number of carbonyl (C=O) groups excluding carboxylic acids is 1. The van der Waals surface area contributed by atoms with Crippen molar-refractivity contribution in [3.05, 3.63) is 62.6 Å². The van der Waals surface area contributed by atoms with Crippen LogP contribution in [0.5, 0.6) is 0 Å². The topological polar surface area (TPSA) is 74.8 Å². The maximum absolute atomic E-state index is 13.3. The Balaban J connectivity index is 1.80. The largest absolute Gasteiger partial charge is 0.343 e. The van der Waals surface area contributed by atoms with Crippen molar-refractivity contribution in [3.63, 3.8) is 0 Å². The highest BCUT2D eigenvalue weighted by Crippen LogP contribution is 2.47. The molecular weight excluding hydrogens is 406 g/mol. The summed E-state index contributed by atoms with van der Waals surface area (Å²) in [6.07, 6.45) is 4.68. The monoisotopic (exact) mass is 437 g/mol. The standard InChI is InChI=1S/C25H31N3O2S/c1-5-6-7-12-31-24-27-22-21(23(30)28-24)19(16-10-8-15(2)9-11-16)20-17(26-22)13-25(3,4)14-18(20)29/h8-11,19H,5-7,12-14H2,1-4H3,(H2,26,27,28,30)/t19-/m0/s1. The summed E-state index contributed by atoms with van der Waals surface area (Å²) in [5.41, 5.74) is 4.03. The number of nitrogens with zero attached hydrogens (tertiary/aromatic N) is 1. The van der Waals surface area contributed by atoms with Gasteiger partial charge in [-0.15, -0.1) is 0 Å². The van der Waals surface area contributed by atoms with Gasteiger partial charge in [0.25, 0.3) is 5.56 Å². The van der Waals surface area contributed by atoms with E-state index in [2.05, 4.69) is 31.1 Å². The first-order valence-electron chi connectivity index (χ1n) is 11.2. The molecule has 1 aliphatic heterocycles. The third kappa shape index (κ3) is 4.49. The van der Waals surface area contributed by atoms with Gasteiger partial charge in [0.05, 0.1) is 5.56 Å². The molecule has 1 aliphatic carbocycles. The molecule has 2 N–H and O–H groups in total. The molecule has 164 valence electrons. The zero-order chi connectivity index (χ0) is 22.2. The fraction of sp³-hybridized carbons (Fsp3) is 0.480. The van der Waals surface area contributed by atoms with E-state index in [9.17, 15) is 9.59 Å². The summed E-state index contributed by atoms with van der Waals surface area (Å²) in [7, 11) is 0. The van der Waals surface area contributed by atoms with Gasteiger partial charge in [-0.25, -0.2) is 4.98 Å². The Morgan fingerprint density at radius 3 is 2.58 bits per heavy atom. The summed E-state index contributed by atoms with van der Waals surface area (Å²) in [6.45, 7) is 8.45. The fourth-order valence-corrected chi connectivity index (χ4v) is 5.44. The first kappa shape index (κ1) is 21.9. The van der Waals surface area contributed by atoms with Crippen molar-refractivity contribution in [3.8, 4) is 0 Å². The predicted octanol–water partition coefficient (Wildman–Crippen LogP) is 5.56. The quantitative estimate of drug-likeness (QED) is 0.351. The highest BCUT2D eigenvalue weighted by molar-refractivity contribution is 7.99. The van der Waals surface area contributed by atoms with Crippen molar-refractivity contribution in [2.75, 3.05) is 11.1 Å². The normalized spacial score (nSPS) is 19.6. The van der Waals surface area contributed by atoms with Gasteiger partial charge in [0.15, 0.2) is 10.9 Å². The van der Waals surface area contributed by atoms with Crippen LogP contribution in [0.2, 0.25) is 0 Å². The maximum Gasteiger partial charge on any atom is 0.257 e. The van der Waals surface area contributed by atoms with Gasteiger partial charge in [-0.3, -0.25) is 9.59 Å². The molecule has 1 aromatic heterocycles. The van der Waals surface area contributed by atoms with E-state index in [1.54, 1.807) is 11.8 Å². The molecule has 0 fully saturated rings. The summed E-state index contributed by atoms with van der Waals surface area (Å²) >= 11 is 1.59. The Morgan fingerprint density at radius 2 is 1.87 bits per heavy atom. The molecule has 5 nitrogen and oxygen atoms in total. The molecule has 4 rings (SSSR count). The number of unbranched alkanes of at least 4 members (excludes halogenated alkanes) is 2. The smallest absolute Gasteiger partial charge is 0.257 e. The summed E-state index contributed by atoms with van der Waals surface area (Å²) in [4.78, 5) is 34.3. The second-order valence-corrected chi connectivity index (χ2v) is 10.6. The van der Waals surface area contributed by atoms with Crippen LogP contribution in [0.25, 0.3) is 0 Å². The number of hydrogen-bond donors (Lipinski definition) is 2. The second kappa shape index (κ2) is 8.65. The van der Waals surface area contributed by atoms with Crippen LogP contribution in [0.15, 0.2) is 45.5 Å². The van der Waals surface area contributed by atoms with E-state index in [1.165, 1.54) is 6.42 Å². The van der Waals surface area contributed by atoms with Crippen LogP contribution in [-0.2, 0) is 4.79 Å². The zero-order valence-electron chi connectivity index (χ0n) is 18.8. The summed E-state index contributed by atoms with van der Waals surface area (Å²) in [5.74, 6) is 1.26. The van der Waals surface area contributed by atoms with Gasteiger partial charge >= 0.3 is 0 Å². The minimum atomic E-state index is -0.383. The van der Waals surface area contributed by atoms with Crippen molar-refractivity contribution in [2.45, 2.75) is 70.9 Å². The number of nitrogens with one attached hydrogen (secondary N) is 2.